The van der Waals surface area contributed by atoms with Crippen LogP contribution in [0.15, 0.2) is 24.3 Å². The Labute approximate surface area is 121 Å². The number of nitrogens with zero attached hydrogens (tertiary/aromatic N) is 2. The van der Waals surface area contributed by atoms with Crippen molar-refractivity contribution in [2.75, 3.05) is 32.7 Å². The summed E-state index contributed by atoms with van der Waals surface area (Å²) in [6, 6.07) is 5.82. The second-order valence-electron chi connectivity index (χ2n) is 5.55. The maximum Gasteiger partial charge on any atom is 0.573 e. The molecule has 2 atom stereocenters. The number of benzene rings is 1. The van der Waals surface area contributed by atoms with Gasteiger partial charge in [-0.05, 0) is 17.7 Å². The van der Waals surface area contributed by atoms with Crippen molar-refractivity contribution in [3.05, 3.63) is 29.8 Å². The van der Waals surface area contributed by atoms with Gasteiger partial charge in [-0.3, -0.25) is 9.80 Å². The average Bonchev–Trinajstić information content (AvgIpc) is 2.46. The largest absolute Gasteiger partial charge is 0.573 e. The number of alkyl halides is 3. The molecule has 2 N–H and O–H groups in total. The summed E-state index contributed by atoms with van der Waals surface area (Å²) >= 11 is 0. The van der Waals surface area contributed by atoms with Crippen LogP contribution in [-0.2, 0) is 0 Å². The van der Waals surface area contributed by atoms with Crippen LogP contribution in [0.5, 0.6) is 5.75 Å². The summed E-state index contributed by atoms with van der Waals surface area (Å²) in [4.78, 5) is 4.67. The Kier molecular flexibility index (Phi) is 3.81. The van der Waals surface area contributed by atoms with E-state index in [9.17, 15) is 13.2 Å². The summed E-state index contributed by atoms with van der Waals surface area (Å²) in [6.07, 6.45) is -4.68. The number of fused-ring (bicyclic) bond motifs is 3. The lowest BCUT2D eigenvalue weighted by Crippen LogP contribution is -2.63. The van der Waals surface area contributed by atoms with Crippen LogP contribution >= 0.6 is 0 Å². The maximum atomic E-state index is 12.3. The molecule has 21 heavy (non-hydrogen) atoms. The van der Waals surface area contributed by atoms with Gasteiger partial charge in [0.15, 0.2) is 0 Å². The number of ether oxygens (including phenoxy) is 1. The standard InChI is InChI=1S/C14H18F3N3O/c15-14(16,17)21-11-3-1-2-10(8-11)13(18)12-9-19-4-6-20(12)7-5-19/h1-3,8,12-13H,4-7,9,18H2. The molecule has 3 heterocycles. The van der Waals surface area contributed by atoms with Gasteiger partial charge in [-0.2, -0.15) is 0 Å². The van der Waals surface area contributed by atoms with Gasteiger partial charge < -0.3 is 10.5 Å². The van der Waals surface area contributed by atoms with E-state index in [4.69, 9.17) is 5.73 Å². The van der Waals surface area contributed by atoms with E-state index in [0.29, 0.717) is 5.56 Å². The van der Waals surface area contributed by atoms with E-state index in [2.05, 4.69) is 14.5 Å². The molecule has 3 aliphatic heterocycles. The van der Waals surface area contributed by atoms with Gasteiger partial charge >= 0.3 is 6.36 Å². The molecule has 0 spiro atoms. The summed E-state index contributed by atoms with van der Waals surface area (Å²) in [5.74, 6) is -0.216. The van der Waals surface area contributed by atoms with Crippen LogP contribution in [0.3, 0.4) is 0 Å². The molecule has 1 aromatic carbocycles. The zero-order chi connectivity index (χ0) is 15.0. The van der Waals surface area contributed by atoms with Gasteiger partial charge in [0.2, 0.25) is 0 Å². The van der Waals surface area contributed by atoms with Crippen molar-refractivity contribution >= 4 is 0 Å². The summed E-state index contributed by atoms with van der Waals surface area (Å²) in [7, 11) is 0. The van der Waals surface area contributed by atoms with E-state index in [-0.39, 0.29) is 17.8 Å². The highest BCUT2D eigenvalue weighted by molar-refractivity contribution is 5.31. The van der Waals surface area contributed by atoms with Gasteiger partial charge in [-0.15, -0.1) is 13.2 Å². The molecule has 3 saturated heterocycles. The summed E-state index contributed by atoms with van der Waals surface area (Å²) in [5, 5.41) is 0. The van der Waals surface area contributed by atoms with Crippen LogP contribution in [0.1, 0.15) is 11.6 Å². The fraction of sp³-hybridized carbons (Fsp3) is 0.571. The summed E-state index contributed by atoms with van der Waals surface area (Å²) in [6.45, 7) is 4.89. The summed E-state index contributed by atoms with van der Waals surface area (Å²) in [5.41, 5.74) is 6.96. The molecular weight excluding hydrogens is 283 g/mol. The number of halogens is 3. The van der Waals surface area contributed by atoms with Gasteiger partial charge in [0, 0.05) is 44.8 Å². The number of hydrogen-bond donors (Lipinski definition) is 1. The lowest BCUT2D eigenvalue weighted by Gasteiger charge is -2.49. The van der Waals surface area contributed by atoms with Crippen LogP contribution in [0.4, 0.5) is 13.2 Å². The number of nitrogens with two attached hydrogens (primary N) is 1. The molecule has 0 saturated carbocycles. The zero-order valence-corrected chi connectivity index (χ0v) is 11.5. The predicted octanol–water partition coefficient (Wildman–Crippen LogP) is 1.58. The normalized spacial score (nSPS) is 30.2. The van der Waals surface area contributed by atoms with E-state index >= 15 is 0 Å². The second kappa shape index (κ2) is 5.47. The van der Waals surface area contributed by atoms with Gasteiger partial charge in [-0.1, -0.05) is 12.1 Å². The third-order valence-electron chi connectivity index (χ3n) is 4.21. The minimum absolute atomic E-state index is 0.147. The Morgan fingerprint density at radius 2 is 1.90 bits per heavy atom. The van der Waals surface area contributed by atoms with Crippen molar-refractivity contribution in [1.82, 2.24) is 9.80 Å². The molecule has 0 amide bonds. The third kappa shape index (κ3) is 3.30. The molecule has 0 aliphatic carbocycles. The van der Waals surface area contributed by atoms with Crippen molar-refractivity contribution in [2.45, 2.75) is 18.4 Å². The smallest absolute Gasteiger partial charge is 0.406 e. The SMILES string of the molecule is NC(c1cccc(OC(F)(F)F)c1)C1CN2CCN1CC2. The molecule has 2 bridgehead atoms. The highest BCUT2D eigenvalue weighted by Gasteiger charge is 2.36. The molecule has 3 aliphatic rings. The Morgan fingerprint density at radius 1 is 1.19 bits per heavy atom. The minimum atomic E-state index is -4.68. The lowest BCUT2D eigenvalue weighted by molar-refractivity contribution is -0.274. The Morgan fingerprint density at radius 3 is 2.48 bits per heavy atom. The van der Waals surface area contributed by atoms with E-state index in [1.54, 1.807) is 12.1 Å². The molecule has 0 aromatic heterocycles. The highest BCUT2D eigenvalue weighted by Crippen LogP contribution is 2.29. The molecular formula is C14H18F3N3O. The van der Waals surface area contributed by atoms with Crippen LogP contribution in [0, 0.1) is 0 Å². The highest BCUT2D eigenvalue weighted by atomic mass is 19.4. The molecule has 116 valence electrons. The van der Waals surface area contributed by atoms with Crippen molar-refractivity contribution in [2.24, 2.45) is 5.73 Å². The Hall–Kier alpha value is -1.31. The van der Waals surface area contributed by atoms with Crippen LogP contribution in [0.2, 0.25) is 0 Å². The molecule has 7 heteroatoms. The monoisotopic (exact) mass is 301 g/mol. The second-order valence-corrected chi connectivity index (χ2v) is 5.55. The molecule has 3 fully saturated rings. The van der Waals surface area contributed by atoms with Gasteiger partial charge in [-0.25, -0.2) is 0 Å². The number of piperazine rings is 3. The summed E-state index contributed by atoms with van der Waals surface area (Å²) < 4.78 is 40.8. The van der Waals surface area contributed by atoms with Crippen molar-refractivity contribution < 1.29 is 17.9 Å². The van der Waals surface area contributed by atoms with Crippen LogP contribution < -0.4 is 10.5 Å². The first-order valence-electron chi connectivity index (χ1n) is 7.00. The van der Waals surface area contributed by atoms with E-state index in [0.717, 1.165) is 32.7 Å². The van der Waals surface area contributed by atoms with Crippen molar-refractivity contribution in [1.29, 1.82) is 0 Å². The van der Waals surface area contributed by atoms with E-state index < -0.39 is 6.36 Å². The van der Waals surface area contributed by atoms with Crippen molar-refractivity contribution in [3.63, 3.8) is 0 Å². The topological polar surface area (TPSA) is 41.7 Å². The number of rotatable bonds is 3. The molecule has 1 aromatic rings. The zero-order valence-electron chi connectivity index (χ0n) is 11.5. The predicted molar refractivity (Wildman–Crippen MR) is 71.9 cm³/mol. The lowest BCUT2D eigenvalue weighted by atomic mass is 9.94. The first-order chi connectivity index (χ1) is 9.92. The number of hydrogen-bond acceptors (Lipinski definition) is 4. The Bertz CT molecular complexity index is 500. The van der Waals surface area contributed by atoms with Gasteiger partial charge in [0.25, 0.3) is 0 Å². The fourth-order valence-electron chi connectivity index (χ4n) is 3.14. The van der Waals surface area contributed by atoms with Crippen LogP contribution in [0.25, 0.3) is 0 Å². The first-order valence-corrected chi connectivity index (χ1v) is 7.00. The maximum absolute atomic E-state index is 12.3. The molecule has 0 radical (unpaired) electrons. The Balaban J connectivity index is 1.75. The molecule has 4 rings (SSSR count). The van der Waals surface area contributed by atoms with E-state index in [1.807, 2.05) is 0 Å². The third-order valence-corrected chi connectivity index (χ3v) is 4.21. The van der Waals surface area contributed by atoms with Crippen molar-refractivity contribution in [3.8, 4) is 5.75 Å². The van der Waals surface area contributed by atoms with Gasteiger partial charge in [0.05, 0.1) is 0 Å². The van der Waals surface area contributed by atoms with Gasteiger partial charge in [0.1, 0.15) is 5.75 Å². The quantitative estimate of drug-likeness (QED) is 0.920. The van der Waals surface area contributed by atoms with E-state index in [1.165, 1.54) is 12.1 Å². The first kappa shape index (κ1) is 14.6. The minimum Gasteiger partial charge on any atom is -0.406 e. The average molecular weight is 301 g/mol. The fourth-order valence-corrected chi connectivity index (χ4v) is 3.14. The molecule has 4 nitrogen and oxygen atoms in total. The molecule has 2 unspecified atom stereocenters. The van der Waals surface area contributed by atoms with Crippen LogP contribution in [-0.4, -0.2) is 54.9 Å².